The molecule has 0 aliphatic carbocycles. The molecule has 0 heterocycles. The molecule has 136 valence electrons. The van der Waals surface area contributed by atoms with E-state index < -0.39 is 0 Å². The molecule has 0 spiro atoms. The van der Waals surface area contributed by atoms with Crippen LogP contribution in [0.15, 0.2) is 47.9 Å². The monoisotopic (exact) mass is 361 g/mol. The summed E-state index contributed by atoms with van der Waals surface area (Å²) in [4.78, 5) is 12.2. The predicted molar refractivity (Wildman–Crippen MR) is 106 cm³/mol. The Balaban J connectivity index is 2.77. The molecule has 1 rings (SSSR count). The Morgan fingerprint density at radius 2 is 2.00 bits per heavy atom. The minimum Gasteiger partial charge on any atom is -0.467 e. The topological polar surface area (TPSA) is 38.3 Å². The smallest absolute Gasteiger partial charge is 0.250 e. The Kier molecular flexibility index (Phi) is 8.50. The summed E-state index contributed by atoms with van der Waals surface area (Å²) in [6.45, 7) is 13.7. The number of nitrogens with one attached hydrogen (secondary N) is 1. The van der Waals surface area contributed by atoms with Gasteiger partial charge in [0.15, 0.2) is 0 Å². The van der Waals surface area contributed by atoms with Crippen molar-refractivity contribution < 1.29 is 9.53 Å². The maximum Gasteiger partial charge on any atom is 0.250 e. The summed E-state index contributed by atoms with van der Waals surface area (Å²) >= 11 is 6.14. The molecule has 4 heteroatoms. The molecule has 0 radical (unpaired) electrons. The van der Waals surface area contributed by atoms with Crippen molar-refractivity contribution in [1.82, 2.24) is 5.32 Å². The van der Waals surface area contributed by atoms with Gasteiger partial charge in [0.25, 0.3) is 0 Å². The zero-order valence-electron chi connectivity index (χ0n) is 15.8. The van der Waals surface area contributed by atoms with Crippen molar-refractivity contribution in [1.29, 1.82) is 0 Å². The molecule has 1 N–H and O–H groups in total. The first-order valence-corrected chi connectivity index (χ1v) is 8.88. The fourth-order valence-corrected chi connectivity index (χ4v) is 2.65. The summed E-state index contributed by atoms with van der Waals surface area (Å²) in [6, 6.07) is 5.89. The second-order valence-corrected chi connectivity index (χ2v) is 6.52. The predicted octanol–water partition coefficient (Wildman–Crippen LogP) is 5.79. The number of benzene rings is 1. The van der Waals surface area contributed by atoms with Crippen molar-refractivity contribution in [3.05, 3.63) is 64.1 Å². The van der Waals surface area contributed by atoms with Gasteiger partial charge in [-0.3, -0.25) is 4.79 Å². The Bertz CT molecular complexity index is 702. The van der Waals surface area contributed by atoms with Gasteiger partial charge < -0.3 is 10.1 Å². The molecule has 0 aliphatic heterocycles. The summed E-state index contributed by atoms with van der Waals surface area (Å²) in [6.07, 6.45) is 3.86. The SMILES string of the molecule is C=C(C)O/C(C)=C(\C)C(=O)NCC/C(=C/CC)c1cc(Cl)ccc1C. The van der Waals surface area contributed by atoms with E-state index in [0.29, 0.717) is 23.6 Å². The van der Waals surface area contributed by atoms with E-state index in [1.54, 1.807) is 20.8 Å². The van der Waals surface area contributed by atoms with E-state index in [4.69, 9.17) is 16.3 Å². The van der Waals surface area contributed by atoms with E-state index in [1.807, 2.05) is 18.2 Å². The fourth-order valence-electron chi connectivity index (χ4n) is 2.47. The first-order valence-electron chi connectivity index (χ1n) is 8.50. The van der Waals surface area contributed by atoms with Crippen molar-refractivity contribution in [2.45, 2.75) is 47.5 Å². The van der Waals surface area contributed by atoms with E-state index in [9.17, 15) is 4.79 Å². The van der Waals surface area contributed by atoms with Crippen LogP contribution in [-0.2, 0) is 9.53 Å². The molecule has 0 unspecified atom stereocenters. The second kappa shape index (κ2) is 10.1. The number of aryl methyl sites for hydroxylation is 1. The molecule has 25 heavy (non-hydrogen) atoms. The van der Waals surface area contributed by atoms with Gasteiger partial charge in [0.1, 0.15) is 5.76 Å². The molecule has 3 nitrogen and oxygen atoms in total. The normalized spacial score (nSPS) is 12.5. The van der Waals surface area contributed by atoms with Crippen LogP contribution in [0.4, 0.5) is 0 Å². The lowest BCUT2D eigenvalue weighted by atomic mass is 9.97. The number of allylic oxidation sites excluding steroid dienone is 3. The highest BCUT2D eigenvalue weighted by molar-refractivity contribution is 6.30. The van der Waals surface area contributed by atoms with Crippen LogP contribution in [0.3, 0.4) is 0 Å². The highest BCUT2D eigenvalue weighted by Gasteiger charge is 2.11. The molecule has 0 aromatic heterocycles. The molecule has 1 amide bonds. The number of halogens is 1. The number of amides is 1. The van der Waals surface area contributed by atoms with Crippen LogP contribution in [0.5, 0.6) is 0 Å². The zero-order valence-corrected chi connectivity index (χ0v) is 16.6. The molecule has 1 aromatic carbocycles. The summed E-state index contributed by atoms with van der Waals surface area (Å²) in [5.74, 6) is 1.01. The lowest BCUT2D eigenvalue weighted by Crippen LogP contribution is -2.26. The van der Waals surface area contributed by atoms with Crippen molar-refractivity contribution in [2.75, 3.05) is 6.54 Å². The molecule has 1 aromatic rings. The van der Waals surface area contributed by atoms with E-state index >= 15 is 0 Å². The standard InChI is InChI=1S/C21H28ClNO2/c1-7-8-18(20-13-19(22)10-9-15(20)4)11-12-23-21(24)16(5)17(6)25-14(2)3/h8-10,13H,2,7,11-12H2,1,3-6H3,(H,23,24)/b17-16+,18-8-. The van der Waals surface area contributed by atoms with Gasteiger partial charge in [-0.25, -0.2) is 0 Å². The Morgan fingerprint density at radius 3 is 2.60 bits per heavy atom. The molecule has 0 atom stereocenters. The third kappa shape index (κ3) is 6.79. The second-order valence-electron chi connectivity index (χ2n) is 6.09. The Labute approximate surface area is 156 Å². The van der Waals surface area contributed by atoms with Gasteiger partial charge >= 0.3 is 0 Å². The van der Waals surface area contributed by atoms with Crippen LogP contribution in [-0.4, -0.2) is 12.5 Å². The molecule has 0 bridgehead atoms. The fraction of sp³-hybridized carbons (Fsp3) is 0.381. The van der Waals surface area contributed by atoms with Gasteiger partial charge in [0, 0.05) is 11.6 Å². The number of hydrogen-bond acceptors (Lipinski definition) is 2. The van der Waals surface area contributed by atoms with Gasteiger partial charge in [-0.15, -0.1) is 0 Å². The van der Waals surface area contributed by atoms with Crippen molar-refractivity contribution in [3.8, 4) is 0 Å². The summed E-state index contributed by atoms with van der Waals surface area (Å²) in [7, 11) is 0. The third-order valence-corrected chi connectivity index (χ3v) is 4.11. The van der Waals surface area contributed by atoms with Crippen LogP contribution >= 0.6 is 11.6 Å². The largest absolute Gasteiger partial charge is 0.467 e. The van der Waals surface area contributed by atoms with Crippen LogP contribution in [0.2, 0.25) is 5.02 Å². The van der Waals surface area contributed by atoms with Gasteiger partial charge in [-0.1, -0.05) is 37.2 Å². The molecule has 0 saturated carbocycles. The first-order chi connectivity index (χ1) is 11.8. The maximum atomic E-state index is 12.2. The average Bonchev–Trinajstić information content (AvgIpc) is 2.54. The van der Waals surface area contributed by atoms with Crippen molar-refractivity contribution >= 4 is 23.1 Å². The van der Waals surface area contributed by atoms with E-state index in [2.05, 4.69) is 31.8 Å². The minimum atomic E-state index is -0.127. The van der Waals surface area contributed by atoms with Gasteiger partial charge in [0.2, 0.25) is 5.91 Å². The Morgan fingerprint density at radius 1 is 1.32 bits per heavy atom. The highest BCUT2D eigenvalue weighted by Crippen LogP contribution is 2.25. The lowest BCUT2D eigenvalue weighted by Gasteiger charge is -2.13. The van der Waals surface area contributed by atoms with Crippen LogP contribution in [0.1, 0.15) is 51.7 Å². The maximum absolute atomic E-state index is 12.2. The van der Waals surface area contributed by atoms with Crippen LogP contribution in [0.25, 0.3) is 5.57 Å². The number of ether oxygens (including phenoxy) is 1. The van der Waals surface area contributed by atoms with Crippen molar-refractivity contribution in [2.24, 2.45) is 0 Å². The number of rotatable bonds is 8. The summed E-state index contributed by atoms with van der Waals surface area (Å²) < 4.78 is 5.40. The lowest BCUT2D eigenvalue weighted by molar-refractivity contribution is -0.117. The van der Waals surface area contributed by atoms with Gasteiger partial charge in [-0.05, 0) is 69.4 Å². The molecular weight excluding hydrogens is 334 g/mol. The van der Waals surface area contributed by atoms with Crippen LogP contribution < -0.4 is 5.32 Å². The van der Waals surface area contributed by atoms with Gasteiger partial charge in [-0.2, -0.15) is 0 Å². The van der Waals surface area contributed by atoms with E-state index in [0.717, 1.165) is 23.4 Å². The third-order valence-electron chi connectivity index (χ3n) is 3.87. The quantitative estimate of drug-likeness (QED) is 0.470. The first kappa shape index (κ1) is 21.0. The molecule has 0 saturated heterocycles. The highest BCUT2D eigenvalue weighted by atomic mass is 35.5. The summed E-state index contributed by atoms with van der Waals surface area (Å²) in [5.41, 5.74) is 4.07. The number of hydrogen-bond donors (Lipinski definition) is 1. The van der Waals surface area contributed by atoms with E-state index in [1.165, 1.54) is 11.1 Å². The molecular formula is C21H28ClNO2. The molecule has 0 aliphatic rings. The number of carbonyl (C=O) groups is 1. The van der Waals surface area contributed by atoms with Gasteiger partial charge in [0.05, 0.1) is 11.3 Å². The van der Waals surface area contributed by atoms with Crippen molar-refractivity contribution in [3.63, 3.8) is 0 Å². The van der Waals surface area contributed by atoms with Crippen LogP contribution in [0, 0.1) is 6.92 Å². The zero-order chi connectivity index (χ0) is 19.0. The summed E-state index contributed by atoms with van der Waals surface area (Å²) in [5, 5.41) is 3.67. The minimum absolute atomic E-state index is 0.127. The Hall–Kier alpha value is -2.00. The molecule has 0 fully saturated rings. The van der Waals surface area contributed by atoms with E-state index in [-0.39, 0.29) is 5.91 Å². The average molecular weight is 362 g/mol. The number of carbonyl (C=O) groups excluding carboxylic acids is 1.